The van der Waals surface area contributed by atoms with Crippen molar-refractivity contribution in [1.82, 2.24) is 5.32 Å². The second-order valence-corrected chi connectivity index (χ2v) is 7.18. The highest BCUT2D eigenvalue weighted by atomic mass is 32.1. The van der Waals surface area contributed by atoms with Gasteiger partial charge in [-0.15, -0.1) is 0 Å². The highest BCUT2D eigenvalue weighted by Crippen LogP contribution is 2.26. The van der Waals surface area contributed by atoms with E-state index >= 15 is 0 Å². The molecular weight excluding hydrogens is 427 g/mol. The number of nitrogens with one attached hydrogen (secondary N) is 2. The van der Waals surface area contributed by atoms with Crippen LogP contribution in [-0.4, -0.2) is 53.8 Å². The number of anilines is 1. The van der Waals surface area contributed by atoms with Crippen LogP contribution in [-0.2, 0) is 19.1 Å². The molecule has 2 rings (SSSR count). The fraction of sp³-hybridized carbons (Fsp3) is 0.333. The Morgan fingerprint density at radius 3 is 2.61 bits per heavy atom. The van der Waals surface area contributed by atoms with Gasteiger partial charge in [0.05, 0.1) is 17.3 Å². The summed E-state index contributed by atoms with van der Waals surface area (Å²) in [6, 6.07) is 2.52. The van der Waals surface area contributed by atoms with Crippen LogP contribution in [0.25, 0.3) is 0 Å². The third kappa shape index (κ3) is 6.43. The number of amides is 1. The summed E-state index contributed by atoms with van der Waals surface area (Å²) in [5.41, 5.74) is -0.0718. The van der Waals surface area contributed by atoms with Crippen LogP contribution in [0.5, 0.6) is 0 Å². The minimum Gasteiger partial charge on any atom is -0.501 e. The number of hydrogen-bond donors (Lipinski definition) is 3. The molecule has 10 heteroatoms. The second-order valence-electron chi connectivity index (χ2n) is 6.76. The molecule has 0 aromatic heterocycles. The summed E-state index contributed by atoms with van der Waals surface area (Å²) in [6.07, 6.45) is 2.92. The Labute approximate surface area is 184 Å². The average Bonchev–Trinajstić information content (AvgIpc) is 3.20. The molecule has 3 N–H and O–H groups in total. The third-order valence-electron chi connectivity index (χ3n) is 4.61. The summed E-state index contributed by atoms with van der Waals surface area (Å²) in [4.78, 5) is 37.1. The van der Waals surface area contributed by atoms with Gasteiger partial charge in [0.2, 0.25) is 5.91 Å². The first-order chi connectivity index (χ1) is 14.8. The van der Waals surface area contributed by atoms with Gasteiger partial charge in [0.15, 0.2) is 5.05 Å². The number of ether oxygens (including phenoxy) is 2. The first kappa shape index (κ1) is 24.2. The fourth-order valence-corrected chi connectivity index (χ4v) is 3.46. The molecular formula is C21H23FN2O6S. The number of benzene rings is 1. The molecule has 1 amide bonds. The molecule has 0 spiro atoms. The number of halogens is 1. The predicted octanol–water partition coefficient (Wildman–Crippen LogP) is 2.32. The van der Waals surface area contributed by atoms with E-state index in [1.165, 1.54) is 18.2 Å². The van der Waals surface area contributed by atoms with Crippen molar-refractivity contribution in [3.63, 3.8) is 0 Å². The van der Waals surface area contributed by atoms with Crippen LogP contribution < -0.4 is 10.6 Å². The maximum atomic E-state index is 13.7. The Bertz CT molecular complexity index is 891. The molecule has 3 unspecified atom stereocenters. The van der Waals surface area contributed by atoms with Gasteiger partial charge < -0.3 is 25.2 Å². The molecule has 0 saturated carbocycles. The lowest BCUT2D eigenvalue weighted by Gasteiger charge is -2.19. The van der Waals surface area contributed by atoms with Crippen LogP contribution >= 0.6 is 12.2 Å². The molecule has 1 aliphatic rings. The van der Waals surface area contributed by atoms with Crippen molar-refractivity contribution in [2.75, 3.05) is 25.1 Å². The fourth-order valence-electron chi connectivity index (χ4n) is 3.17. The Hall–Kier alpha value is -3.11. The van der Waals surface area contributed by atoms with Gasteiger partial charge in [0, 0.05) is 6.54 Å². The maximum absolute atomic E-state index is 13.7. The van der Waals surface area contributed by atoms with Gasteiger partial charge in [-0.3, -0.25) is 9.59 Å². The summed E-state index contributed by atoms with van der Waals surface area (Å²) in [6.45, 7) is 7.03. The number of aliphatic hydroxyl groups excluding tert-OH is 1. The molecule has 0 radical (unpaired) electrons. The zero-order valence-electron chi connectivity index (χ0n) is 16.6. The lowest BCUT2D eigenvalue weighted by Crippen LogP contribution is -2.36. The van der Waals surface area contributed by atoms with Crippen molar-refractivity contribution < 1.29 is 33.4 Å². The quantitative estimate of drug-likeness (QED) is 0.283. The summed E-state index contributed by atoms with van der Waals surface area (Å²) in [7, 11) is 0. The first-order valence-electron chi connectivity index (χ1n) is 9.40. The number of thiocarbonyl (C=S) groups is 1. The lowest BCUT2D eigenvalue weighted by molar-refractivity contribution is -0.146. The maximum Gasteiger partial charge on any atom is 0.340 e. The van der Waals surface area contributed by atoms with Crippen LogP contribution in [0.3, 0.4) is 0 Å². The van der Waals surface area contributed by atoms with Crippen LogP contribution in [0.4, 0.5) is 10.1 Å². The van der Waals surface area contributed by atoms with E-state index in [0.29, 0.717) is 0 Å². The second kappa shape index (κ2) is 11.3. The number of rotatable bonds is 10. The van der Waals surface area contributed by atoms with Crippen molar-refractivity contribution in [3.8, 4) is 0 Å². The molecule has 0 aliphatic carbocycles. The lowest BCUT2D eigenvalue weighted by atomic mass is 9.90. The molecule has 31 heavy (non-hydrogen) atoms. The Morgan fingerprint density at radius 1 is 1.29 bits per heavy atom. The van der Waals surface area contributed by atoms with Gasteiger partial charge in [-0.1, -0.05) is 25.3 Å². The van der Waals surface area contributed by atoms with Crippen molar-refractivity contribution in [2.24, 2.45) is 11.8 Å². The van der Waals surface area contributed by atoms with Crippen molar-refractivity contribution >= 4 is 40.8 Å². The predicted molar refractivity (Wildman–Crippen MR) is 115 cm³/mol. The van der Waals surface area contributed by atoms with E-state index in [9.17, 15) is 23.9 Å². The topological polar surface area (TPSA) is 114 Å². The summed E-state index contributed by atoms with van der Waals surface area (Å²) in [5, 5.41) is 14.7. The summed E-state index contributed by atoms with van der Waals surface area (Å²) >= 11 is 4.78. The number of carbonyl (C=O) groups excluding carboxylic acids is 3. The van der Waals surface area contributed by atoms with E-state index < -0.39 is 46.6 Å². The number of aliphatic hydroxyl groups is 1. The van der Waals surface area contributed by atoms with Crippen molar-refractivity contribution in [3.05, 3.63) is 54.9 Å². The summed E-state index contributed by atoms with van der Waals surface area (Å²) < 4.78 is 23.6. The molecule has 0 bridgehead atoms. The Balaban J connectivity index is 2.10. The molecule has 8 nitrogen and oxygen atoms in total. The first-order valence-corrected chi connectivity index (χ1v) is 9.81. The van der Waals surface area contributed by atoms with Crippen molar-refractivity contribution in [1.29, 1.82) is 0 Å². The molecule has 1 fully saturated rings. The molecule has 1 saturated heterocycles. The Kier molecular flexibility index (Phi) is 8.83. The van der Waals surface area contributed by atoms with E-state index in [-0.39, 0.29) is 37.4 Å². The number of carbonyl (C=O) groups is 3. The van der Waals surface area contributed by atoms with E-state index in [2.05, 4.69) is 23.8 Å². The third-order valence-corrected chi connectivity index (χ3v) is 4.86. The van der Waals surface area contributed by atoms with E-state index in [1.807, 2.05) is 0 Å². The smallest absolute Gasteiger partial charge is 0.340 e. The normalized spacial score (nSPS) is 18.5. The van der Waals surface area contributed by atoms with Gasteiger partial charge in [-0.05, 0) is 42.8 Å². The van der Waals surface area contributed by atoms with Crippen molar-refractivity contribution in [2.45, 2.75) is 12.5 Å². The number of esters is 2. The van der Waals surface area contributed by atoms with E-state index in [4.69, 9.17) is 21.7 Å². The molecule has 1 aromatic rings. The minimum atomic E-state index is -1.08. The Morgan fingerprint density at radius 2 is 1.97 bits per heavy atom. The monoisotopic (exact) mass is 450 g/mol. The minimum absolute atomic E-state index is 0.0198. The highest BCUT2D eigenvalue weighted by molar-refractivity contribution is 7.80. The van der Waals surface area contributed by atoms with Gasteiger partial charge in [0.1, 0.15) is 24.9 Å². The molecule has 1 aliphatic heterocycles. The highest BCUT2D eigenvalue weighted by Gasteiger charge is 2.40. The van der Waals surface area contributed by atoms with E-state index in [1.54, 1.807) is 0 Å². The van der Waals surface area contributed by atoms with Gasteiger partial charge >= 0.3 is 11.9 Å². The van der Waals surface area contributed by atoms with Gasteiger partial charge in [-0.25, -0.2) is 9.18 Å². The van der Waals surface area contributed by atoms with E-state index in [0.717, 1.165) is 12.1 Å². The van der Waals surface area contributed by atoms with Crippen LogP contribution in [0.2, 0.25) is 0 Å². The SMILES string of the molecule is C=CCOC(=O)c1ccc(F)cc1NC(=O)C1CC(C(C(=O)OCC=C)C(O)=S)CN1. The van der Waals surface area contributed by atoms with Gasteiger partial charge in [0.25, 0.3) is 0 Å². The standard InChI is InChI=1S/C21H23FN2O6S/c1-3-7-29-19(26)14-6-5-13(22)10-15(14)24-18(25)16-9-12(11-23-16)17(21(28)31)20(27)30-8-4-2/h3-6,10,12,16-17,23H,1-2,7-9,11H2,(H,24,25)(H,28,31). The molecule has 3 atom stereocenters. The molecule has 1 heterocycles. The van der Waals surface area contributed by atoms with Crippen LogP contribution in [0.1, 0.15) is 16.8 Å². The van der Waals surface area contributed by atoms with Crippen LogP contribution in [0, 0.1) is 17.7 Å². The van der Waals surface area contributed by atoms with Gasteiger partial charge in [-0.2, -0.15) is 0 Å². The molecule has 1 aromatic carbocycles. The number of hydrogen-bond acceptors (Lipinski definition) is 7. The molecule has 166 valence electrons. The average molecular weight is 450 g/mol. The zero-order chi connectivity index (χ0) is 23.0. The van der Waals surface area contributed by atoms with Crippen LogP contribution in [0.15, 0.2) is 43.5 Å². The largest absolute Gasteiger partial charge is 0.501 e. The summed E-state index contributed by atoms with van der Waals surface area (Å²) in [5.74, 6) is -4.23. The zero-order valence-corrected chi connectivity index (χ0v) is 17.5.